The quantitative estimate of drug-likeness (QED) is 0.579. The van der Waals surface area contributed by atoms with Gasteiger partial charge in [-0.3, -0.25) is 4.79 Å². The van der Waals surface area contributed by atoms with Crippen molar-refractivity contribution >= 4 is 20.9 Å². The third-order valence-corrected chi connectivity index (χ3v) is 7.84. The van der Waals surface area contributed by atoms with E-state index < -0.39 is 21.4 Å². The molecule has 0 radical (unpaired) electrons. The third-order valence-electron chi connectivity index (χ3n) is 5.91. The second kappa shape index (κ2) is 8.91. The molecule has 7 nitrogen and oxygen atoms in total. The molecule has 9 heteroatoms. The zero-order valence-corrected chi connectivity index (χ0v) is 18.7. The molecule has 4 rings (SSSR count). The van der Waals surface area contributed by atoms with Gasteiger partial charge in [-0.1, -0.05) is 25.0 Å². The molecule has 0 bridgehead atoms. The number of pyridine rings is 1. The van der Waals surface area contributed by atoms with Crippen LogP contribution in [0.2, 0.25) is 0 Å². The van der Waals surface area contributed by atoms with Crippen LogP contribution in [0, 0.1) is 5.82 Å². The summed E-state index contributed by atoms with van der Waals surface area (Å²) in [6.45, 7) is -0.152. The second-order valence-corrected chi connectivity index (χ2v) is 9.70. The first-order chi connectivity index (χ1) is 15.3. The van der Waals surface area contributed by atoms with Crippen LogP contribution in [0.3, 0.4) is 0 Å². The smallest absolute Gasteiger partial charge is 0.252 e. The van der Waals surface area contributed by atoms with Crippen molar-refractivity contribution in [1.29, 1.82) is 0 Å². The number of nitrogens with one attached hydrogen (secondary N) is 1. The van der Waals surface area contributed by atoms with Gasteiger partial charge < -0.3 is 14.5 Å². The maximum Gasteiger partial charge on any atom is 0.252 e. The molecule has 0 spiro atoms. The van der Waals surface area contributed by atoms with Crippen LogP contribution in [0.5, 0.6) is 11.5 Å². The molecule has 3 aromatic rings. The Morgan fingerprint density at radius 2 is 1.72 bits per heavy atom. The van der Waals surface area contributed by atoms with Gasteiger partial charge in [0.1, 0.15) is 10.7 Å². The molecule has 0 amide bonds. The second-order valence-electron chi connectivity index (χ2n) is 7.84. The minimum Gasteiger partial charge on any atom is -0.493 e. The SMILES string of the molecule is COc1cc2cc(CN(C3CCCC3)S(=O)(=O)c3ccccc3F)c(=O)[nH]c2cc1OC. The number of methoxy groups -OCH3 is 2. The molecule has 1 aromatic heterocycles. The molecule has 0 atom stereocenters. The van der Waals surface area contributed by atoms with E-state index in [1.165, 1.54) is 36.7 Å². The fraction of sp³-hybridized carbons (Fsp3) is 0.348. The summed E-state index contributed by atoms with van der Waals surface area (Å²) < 4.78 is 53.2. The number of hydrogen-bond acceptors (Lipinski definition) is 5. The van der Waals surface area contributed by atoms with E-state index in [0.29, 0.717) is 35.2 Å². The van der Waals surface area contributed by atoms with Crippen LogP contribution in [0.1, 0.15) is 31.2 Å². The highest BCUT2D eigenvalue weighted by Crippen LogP contribution is 2.33. The van der Waals surface area contributed by atoms with Crippen LogP contribution >= 0.6 is 0 Å². The van der Waals surface area contributed by atoms with Gasteiger partial charge in [-0.15, -0.1) is 0 Å². The Balaban J connectivity index is 1.79. The number of hydrogen-bond donors (Lipinski definition) is 1. The van der Waals surface area contributed by atoms with Crippen LogP contribution in [-0.2, 0) is 16.6 Å². The fourth-order valence-electron chi connectivity index (χ4n) is 4.25. The number of ether oxygens (including phenoxy) is 2. The molecule has 1 heterocycles. The number of fused-ring (bicyclic) bond motifs is 1. The molecule has 1 aliphatic rings. The zero-order chi connectivity index (χ0) is 22.9. The molecular weight excluding hydrogens is 435 g/mol. The Hall–Kier alpha value is -2.91. The molecule has 170 valence electrons. The summed E-state index contributed by atoms with van der Waals surface area (Å²) in [7, 11) is -1.13. The zero-order valence-electron chi connectivity index (χ0n) is 17.9. The molecule has 0 saturated heterocycles. The van der Waals surface area contributed by atoms with Gasteiger partial charge in [-0.2, -0.15) is 4.31 Å². The average molecular weight is 461 g/mol. The van der Waals surface area contributed by atoms with Gasteiger partial charge in [0.15, 0.2) is 11.5 Å². The van der Waals surface area contributed by atoms with Crippen LogP contribution in [0.4, 0.5) is 4.39 Å². The molecule has 1 saturated carbocycles. The lowest BCUT2D eigenvalue weighted by Crippen LogP contribution is -2.40. The number of nitrogens with zero attached hydrogens (tertiary/aromatic N) is 1. The first-order valence-corrected chi connectivity index (χ1v) is 11.8. The standard InChI is InChI=1S/C23H25FN2O5S/c1-30-20-12-15-11-16(23(27)25-19(15)13-21(20)31-2)14-26(17-7-3-4-8-17)32(28,29)22-10-6-5-9-18(22)24/h5-6,9-13,17H,3-4,7-8,14H2,1-2H3,(H,25,27). The summed E-state index contributed by atoms with van der Waals surface area (Å²) in [5.41, 5.74) is 0.411. The summed E-state index contributed by atoms with van der Waals surface area (Å²) in [5, 5.41) is 0.673. The molecule has 2 aromatic carbocycles. The number of H-pyrrole nitrogens is 1. The van der Waals surface area contributed by atoms with Crippen molar-refractivity contribution in [2.75, 3.05) is 14.2 Å². The van der Waals surface area contributed by atoms with Crippen molar-refractivity contribution in [2.24, 2.45) is 0 Å². The molecular formula is C23H25FN2O5S. The first kappa shape index (κ1) is 22.3. The van der Waals surface area contributed by atoms with E-state index in [0.717, 1.165) is 18.9 Å². The van der Waals surface area contributed by atoms with Gasteiger partial charge >= 0.3 is 0 Å². The minimum absolute atomic E-state index is 0.152. The van der Waals surface area contributed by atoms with Crippen molar-refractivity contribution in [1.82, 2.24) is 9.29 Å². The van der Waals surface area contributed by atoms with Crippen molar-refractivity contribution in [2.45, 2.75) is 43.2 Å². The molecule has 1 fully saturated rings. The fourth-order valence-corrected chi connectivity index (χ4v) is 5.98. The summed E-state index contributed by atoms with van der Waals surface area (Å²) in [5.74, 6) is 0.155. The van der Waals surface area contributed by atoms with Crippen LogP contribution in [0.15, 0.2) is 52.2 Å². The lowest BCUT2D eigenvalue weighted by molar-refractivity contribution is 0.314. The molecule has 1 aliphatic carbocycles. The van der Waals surface area contributed by atoms with E-state index in [4.69, 9.17) is 9.47 Å². The van der Waals surface area contributed by atoms with Gasteiger partial charge in [0.2, 0.25) is 10.0 Å². The lowest BCUT2D eigenvalue weighted by Gasteiger charge is -2.28. The molecule has 32 heavy (non-hydrogen) atoms. The topological polar surface area (TPSA) is 88.7 Å². The predicted octanol–water partition coefficient (Wildman–Crippen LogP) is 3.82. The Morgan fingerprint density at radius 3 is 2.38 bits per heavy atom. The number of benzene rings is 2. The van der Waals surface area contributed by atoms with E-state index in [-0.39, 0.29) is 23.0 Å². The van der Waals surface area contributed by atoms with E-state index in [9.17, 15) is 17.6 Å². The summed E-state index contributed by atoms with van der Waals surface area (Å²) in [6, 6.07) is 10.1. The highest BCUT2D eigenvalue weighted by Gasteiger charge is 2.35. The van der Waals surface area contributed by atoms with Crippen molar-refractivity contribution in [3.63, 3.8) is 0 Å². The number of sulfonamides is 1. The minimum atomic E-state index is -4.15. The molecule has 0 unspecified atom stereocenters. The third kappa shape index (κ3) is 4.10. The van der Waals surface area contributed by atoms with E-state index in [1.807, 2.05) is 0 Å². The van der Waals surface area contributed by atoms with Crippen molar-refractivity contribution < 1.29 is 22.3 Å². The van der Waals surface area contributed by atoms with Gasteiger partial charge in [0.25, 0.3) is 5.56 Å². The van der Waals surface area contributed by atoms with E-state index in [2.05, 4.69) is 4.98 Å². The van der Waals surface area contributed by atoms with Crippen LogP contribution in [-0.4, -0.2) is 38.0 Å². The average Bonchev–Trinajstić information content (AvgIpc) is 3.31. The summed E-state index contributed by atoms with van der Waals surface area (Å²) >= 11 is 0. The normalized spacial score (nSPS) is 14.9. The first-order valence-electron chi connectivity index (χ1n) is 10.4. The highest BCUT2D eigenvalue weighted by atomic mass is 32.2. The Morgan fingerprint density at radius 1 is 1.06 bits per heavy atom. The Labute approximate surface area is 185 Å². The number of aromatic nitrogens is 1. The van der Waals surface area contributed by atoms with E-state index >= 15 is 0 Å². The number of halogens is 1. The summed E-state index contributed by atoms with van der Waals surface area (Å²) in [4.78, 5) is 15.3. The Bertz CT molecular complexity index is 1300. The number of aromatic amines is 1. The monoisotopic (exact) mass is 460 g/mol. The predicted molar refractivity (Wildman–Crippen MR) is 119 cm³/mol. The van der Waals surface area contributed by atoms with Gasteiger partial charge in [0, 0.05) is 29.6 Å². The summed E-state index contributed by atoms with van der Waals surface area (Å²) in [6.07, 6.45) is 3.12. The van der Waals surface area contributed by atoms with Crippen LogP contribution in [0.25, 0.3) is 10.9 Å². The highest BCUT2D eigenvalue weighted by molar-refractivity contribution is 7.89. The van der Waals surface area contributed by atoms with Crippen molar-refractivity contribution in [3.05, 3.63) is 64.2 Å². The van der Waals surface area contributed by atoms with Gasteiger partial charge in [-0.05, 0) is 37.1 Å². The largest absolute Gasteiger partial charge is 0.493 e. The molecule has 1 N–H and O–H groups in total. The number of rotatable bonds is 7. The van der Waals surface area contributed by atoms with E-state index in [1.54, 1.807) is 18.2 Å². The van der Waals surface area contributed by atoms with Crippen molar-refractivity contribution in [3.8, 4) is 11.5 Å². The Kier molecular flexibility index (Phi) is 6.21. The van der Waals surface area contributed by atoms with Gasteiger partial charge in [0.05, 0.1) is 19.7 Å². The molecule has 0 aliphatic heterocycles. The maximum absolute atomic E-state index is 14.4. The van der Waals surface area contributed by atoms with Gasteiger partial charge in [-0.25, -0.2) is 12.8 Å². The maximum atomic E-state index is 14.4. The lowest BCUT2D eigenvalue weighted by atomic mass is 10.1. The van der Waals surface area contributed by atoms with Crippen LogP contribution < -0.4 is 15.0 Å².